The van der Waals surface area contributed by atoms with Crippen molar-refractivity contribution in [3.8, 4) is 0 Å². The van der Waals surface area contributed by atoms with Gasteiger partial charge in [-0.05, 0) is 31.4 Å². The molecule has 1 rings (SSSR count). The summed E-state index contributed by atoms with van der Waals surface area (Å²) in [4.78, 5) is 4.65. The van der Waals surface area contributed by atoms with Gasteiger partial charge in [0.25, 0.3) is 0 Å². The molecule has 144 valence electrons. The molecular weight excluding hydrogens is 429 g/mol. The molecule has 0 aliphatic rings. The fraction of sp³-hybridized carbons (Fsp3) is 0.632. The summed E-state index contributed by atoms with van der Waals surface area (Å²) >= 11 is 0. The molecule has 0 radical (unpaired) electrons. The van der Waals surface area contributed by atoms with Gasteiger partial charge in [-0.25, -0.2) is 4.99 Å². The zero-order valence-corrected chi connectivity index (χ0v) is 18.2. The van der Waals surface area contributed by atoms with Crippen LogP contribution in [0.1, 0.15) is 44.7 Å². The van der Waals surface area contributed by atoms with Crippen molar-refractivity contribution in [2.45, 2.75) is 46.8 Å². The maximum Gasteiger partial charge on any atom is 0.191 e. The van der Waals surface area contributed by atoms with Crippen molar-refractivity contribution in [1.29, 1.82) is 0 Å². The van der Waals surface area contributed by atoms with Gasteiger partial charge in [0, 0.05) is 19.7 Å². The Bertz CT molecular complexity index is 470. The second-order valence-electron chi connectivity index (χ2n) is 5.54. The molecule has 2 N–H and O–H groups in total. The predicted octanol–water partition coefficient (Wildman–Crippen LogP) is 3.71. The first kappa shape index (κ1) is 24.1. The molecule has 5 nitrogen and oxygen atoms in total. The molecule has 0 heterocycles. The van der Waals surface area contributed by atoms with Gasteiger partial charge < -0.3 is 20.1 Å². The highest BCUT2D eigenvalue weighted by molar-refractivity contribution is 14.0. The van der Waals surface area contributed by atoms with Gasteiger partial charge in [0.2, 0.25) is 0 Å². The minimum atomic E-state index is 0. The molecule has 0 aliphatic carbocycles. The molecular formula is C19H34IN3O2. The first-order valence-electron chi connectivity index (χ1n) is 9.05. The highest BCUT2D eigenvalue weighted by Gasteiger charge is 1.99. The number of benzene rings is 1. The van der Waals surface area contributed by atoms with E-state index in [1.54, 1.807) is 0 Å². The van der Waals surface area contributed by atoms with Crippen LogP contribution in [0.3, 0.4) is 0 Å². The van der Waals surface area contributed by atoms with E-state index in [0.29, 0.717) is 26.4 Å². The van der Waals surface area contributed by atoms with E-state index in [1.165, 1.54) is 17.5 Å². The second kappa shape index (κ2) is 16.6. The standard InChI is InChI=1S/C19H33N3O2.HI/c1-4-7-11-21-19(20-5-2)22-15-17-9-8-10-18(14-17)16-24-13-12-23-6-3;/h8-10,14H,4-7,11-13,15-16H2,1-3H3,(H2,20,21,22);1H. The summed E-state index contributed by atoms with van der Waals surface area (Å²) in [5.41, 5.74) is 2.36. The Labute approximate surface area is 170 Å². The SMILES string of the molecule is CCCCNC(=NCc1cccc(COCCOCC)c1)NCC.I. The predicted molar refractivity (Wildman–Crippen MR) is 116 cm³/mol. The Morgan fingerprint density at radius 1 is 1.04 bits per heavy atom. The van der Waals surface area contributed by atoms with Crippen LogP contribution >= 0.6 is 24.0 Å². The Kier molecular flexibility index (Phi) is 16.0. The van der Waals surface area contributed by atoms with E-state index in [9.17, 15) is 0 Å². The lowest BCUT2D eigenvalue weighted by Crippen LogP contribution is -2.37. The van der Waals surface area contributed by atoms with Crippen LogP contribution in [0.15, 0.2) is 29.3 Å². The number of guanidine groups is 1. The minimum Gasteiger partial charge on any atom is -0.379 e. The van der Waals surface area contributed by atoms with Gasteiger partial charge >= 0.3 is 0 Å². The Morgan fingerprint density at radius 2 is 1.80 bits per heavy atom. The lowest BCUT2D eigenvalue weighted by Gasteiger charge is -2.11. The lowest BCUT2D eigenvalue weighted by atomic mass is 10.1. The number of unbranched alkanes of at least 4 members (excludes halogenated alkanes) is 1. The number of ether oxygens (including phenoxy) is 2. The molecule has 0 unspecified atom stereocenters. The van der Waals surface area contributed by atoms with E-state index in [1.807, 2.05) is 6.92 Å². The zero-order valence-electron chi connectivity index (χ0n) is 15.8. The molecule has 1 aromatic carbocycles. The zero-order chi connectivity index (χ0) is 17.5. The topological polar surface area (TPSA) is 54.9 Å². The summed E-state index contributed by atoms with van der Waals surface area (Å²) in [6, 6.07) is 8.39. The first-order valence-corrected chi connectivity index (χ1v) is 9.05. The summed E-state index contributed by atoms with van der Waals surface area (Å²) in [6.45, 7) is 11.4. The smallest absolute Gasteiger partial charge is 0.191 e. The average Bonchev–Trinajstić information content (AvgIpc) is 2.60. The Morgan fingerprint density at radius 3 is 2.52 bits per heavy atom. The van der Waals surface area contributed by atoms with E-state index < -0.39 is 0 Å². The maximum atomic E-state index is 5.62. The van der Waals surface area contributed by atoms with Crippen LogP contribution in [-0.2, 0) is 22.6 Å². The van der Waals surface area contributed by atoms with Crippen molar-refractivity contribution in [2.24, 2.45) is 4.99 Å². The van der Waals surface area contributed by atoms with Crippen LogP contribution < -0.4 is 10.6 Å². The molecule has 0 spiro atoms. The van der Waals surface area contributed by atoms with Gasteiger partial charge in [-0.3, -0.25) is 0 Å². The van der Waals surface area contributed by atoms with Gasteiger partial charge in [-0.15, -0.1) is 24.0 Å². The molecule has 0 saturated heterocycles. The van der Waals surface area contributed by atoms with Crippen molar-refractivity contribution in [3.63, 3.8) is 0 Å². The van der Waals surface area contributed by atoms with Crippen molar-refractivity contribution in [3.05, 3.63) is 35.4 Å². The molecule has 0 aliphatic heterocycles. The van der Waals surface area contributed by atoms with Crippen molar-refractivity contribution < 1.29 is 9.47 Å². The number of aliphatic imine (C=N–C) groups is 1. The number of halogens is 1. The number of nitrogens with one attached hydrogen (secondary N) is 2. The fourth-order valence-corrected chi connectivity index (χ4v) is 2.17. The first-order chi connectivity index (χ1) is 11.8. The number of nitrogens with zero attached hydrogens (tertiary/aromatic N) is 1. The maximum absolute atomic E-state index is 5.62. The van der Waals surface area contributed by atoms with Gasteiger partial charge in [-0.1, -0.05) is 37.6 Å². The Balaban J connectivity index is 0.00000576. The Hall–Kier alpha value is -0.860. The highest BCUT2D eigenvalue weighted by atomic mass is 127. The number of hydrogen-bond acceptors (Lipinski definition) is 3. The van der Waals surface area contributed by atoms with Gasteiger partial charge in [0.15, 0.2) is 5.96 Å². The minimum absolute atomic E-state index is 0. The van der Waals surface area contributed by atoms with Crippen LogP contribution in [0.25, 0.3) is 0 Å². The molecule has 0 aromatic heterocycles. The summed E-state index contributed by atoms with van der Waals surface area (Å²) in [6.07, 6.45) is 2.33. The van der Waals surface area contributed by atoms with E-state index in [-0.39, 0.29) is 24.0 Å². The third kappa shape index (κ3) is 12.2. The summed E-state index contributed by atoms with van der Waals surface area (Å²) < 4.78 is 10.9. The molecule has 0 amide bonds. The normalized spacial score (nSPS) is 11.1. The van der Waals surface area contributed by atoms with Gasteiger partial charge in [-0.2, -0.15) is 0 Å². The van der Waals surface area contributed by atoms with Crippen LogP contribution in [-0.4, -0.2) is 38.9 Å². The largest absolute Gasteiger partial charge is 0.379 e. The van der Waals surface area contributed by atoms with Gasteiger partial charge in [0.05, 0.1) is 26.4 Å². The summed E-state index contributed by atoms with van der Waals surface area (Å²) in [5.74, 6) is 0.879. The molecule has 0 saturated carbocycles. The van der Waals surface area contributed by atoms with Crippen molar-refractivity contribution in [2.75, 3.05) is 32.9 Å². The van der Waals surface area contributed by atoms with Crippen LogP contribution in [0.2, 0.25) is 0 Å². The summed E-state index contributed by atoms with van der Waals surface area (Å²) in [5, 5.41) is 6.64. The van der Waals surface area contributed by atoms with Crippen molar-refractivity contribution >= 4 is 29.9 Å². The van der Waals surface area contributed by atoms with Crippen LogP contribution in [0.5, 0.6) is 0 Å². The lowest BCUT2D eigenvalue weighted by molar-refractivity contribution is 0.0453. The third-order valence-electron chi connectivity index (χ3n) is 3.42. The van der Waals surface area contributed by atoms with E-state index in [4.69, 9.17) is 9.47 Å². The van der Waals surface area contributed by atoms with Crippen molar-refractivity contribution in [1.82, 2.24) is 10.6 Å². The second-order valence-corrected chi connectivity index (χ2v) is 5.54. The number of rotatable bonds is 12. The molecule has 6 heteroatoms. The van der Waals surface area contributed by atoms with Crippen LogP contribution in [0.4, 0.5) is 0 Å². The van der Waals surface area contributed by atoms with E-state index >= 15 is 0 Å². The third-order valence-corrected chi connectivity index (χ3v) is 3.42. The fourth-order valence-electron chi connectivity index (χ4n) is 2.17. The molecule has 0 bridgehead atoms. The van der Waals surface area contributed by atoms with E-state index in [2.05, 4.69) is 53.7 Å². The van der Waals surface area contributed by atoms with Gasteiger partial charge in [0.1, 0.15) is 0 Å². The molecule has 0 fully saturated rings. The highest BCUT2D eigenvalue weighted by Crippen LogP contribution is 2.08. The molecule has 0 atom stereocenters. The monoisotopic (exact) mass is 463 g/mol. The number of hydrogen-bond donors (Lipinski definition) is 2. The molecule has 1 aromatic rings. The summed E-state index contributed by atoms with van der Waals surface area (Å²) in [7, 11) is 0. The van der Waals surface area contributed by atoms with Crippen LogP contribution in [0, 0.1) is 0 Å². The van der Waals surface area contributed by atoms with E-state index in [0.717, 1.165) is 32.1 Å². The average molecular weight is 463 g/mol. The molecule has 25 heavy (non-hydrogen) atoms. The quantitative estimate of drug-likeness (QED) is 0.215.